The van der Waals surface area contributed by atoms with Crippen LogP contribution < -0.4 is 10.2 Å². The normalized spacial score (nSPS) is 25.1. The lowest BCUT2D eigenvalue weighted by Gasteiger charge is -2.36. The summed E-state index contributed by atoms with van der Waals surface area (Å²) in [5.41, 5.74) is 1.76. The van der Waals surface area contributed by atoms with Gasteiger partial charge in [-0.3, -0.25) is 0 Å². The Labute approximate surface area is 89.1 Å². The smallest absolute Gasteiger partial charge is 0.117 e. The van der Waals surface area contributed by atoms with Crippen LogP contribution in [0, 0.1) is 0 Å². The van der Waals surface area contributed by atoms with Crippen molar-refractivity contribution in [3.63, 3.8) is 0 Å². The van der Waals surface area contributed by atoms with E-state index in [-0.39, 0.29) is 11.8 Å². The van der Waals surface area contributed by atoms with Crippen molar-refractivity contribution in [1.82, 2.24) is 5.32 Å². The lowest BCUT2D eigenvalue weighted by atomic mass is 9.95. The summed E-state index contributed by atoms with van der Waals surface area (Å²) in [7, 11) is 3.79. The molecule has 1 aromatic carbocycles. The van der Waals surface area contributed by atoms with Crippen LogP contribution in [0.5, 0.6) is 5.75 Å². The van der Waals surface area contributed by atoms with Crippen LogP contribution >= 0.6 is 0 Å². The van der Waals surface area contributed by atoms with Gasteiger partial charge in [0.15, 0.2) is 0 Å². The predicted octanol–water partition coefficient (Wildman–Crippen LogP) is 0.463. The number of fused-ring (bicyclic) bond motifs is 1. The van der Waals surface area contributed by atoms with Gasteiger partial charge in [-0.1, -0.05) is 6.07 Å². The Balaban J connectivity index is 2.44. The topological polar surface area (TPSA) is 55.7 Å². The molecular weight excluding hydrogens is 192 g/mol. The highest BCUT2D eigenvalue weighted by molar-refractivity contribution is 5.59. The second kappa shape index (κ2) is 3.72. The molecule has 2 unspecified atom stereocenters. The van der Waals surface area contributed by atoms with Crippen LogP contribution in [0.2, 0.25) is 0 Å². The van der Waals surface area contributed by atoms with Gasteiger partial charge in [-0.15, -0.1) is 0 Å². The molecule has 0 aliphatic carbocycles. The quantitative estimate of drug-likeness (QED) is 0.627. The van der Waals surface area contributed by atoms with Crippen LogP contribution in [0.15, 0.2) is 18.2 Å². The average Bonchev–Trinajstić information content (AvgIpc) is 2.23. The maximum Gasteiger partial charge on any atom is 0.117 e. The molecule has 15 heavy (non-hydrogen) atoms. The predicted molar refractivity (Wildman–Crippen MR) is 59.2 cm³/mol. The maximum atomic E-state index is 10.1. The van der Waals surface area contributed by atoms with E-state index in [1.807, 2.05) is 19.0 Å². The summed E-state index contributed by atoms with van der Waals surface area (Å²) in [5.74, 6) is 0.232. The van der Waals surface area contributed by atoms with E-state index in [1.165, 1.54) is 0 Å². The second-order valence-corrected chi connectivity index (χ2v) is 3.96. The van der Waals surface area contributed by atoms with E-state index in [1.54, 1.807) is 18.2 Å². The Bertz CT molecular complexity index is 368. The first-order chi connectivity index (χ1) is 7.13. The van der Waals surface area contributed by atoms with Crippen LogP contribution in [-0.4, -0.2) is 36.9 Å². The van der Waals surface area contributed by atoms with E-state index in [2.05, 4.69) is 5.32 Å². The molecule has 0 radical (unpaired) electrons. The zero-order chi connectivity index (χ0) is 11.0. The molecule has 0 spiro atoms. The molecule has 4 heteroatoms. The highest BCUT2D eigenvalue weighted by Crippen LogP contribution is 2.35. The van der Waals surface area contributed by atoms with Gasteiger partial charge in [0.05, 0.1) is 12.1 Å². The van der Waals surface area contributed by atoms with Crippen molar-refractivity contribution in [1.29, 1.82) is 0 Å². The Morgan fingerprint density at radius 1 is 1.47 bits per heavy atom. The van der Waals surface area contributed by atoms with Gasteiger partial charge in [0.1, 0.15) is 5.75 Å². The lowest BCUT2D eigenvalue weighted by Crippen LogP contribution is -2.46. The number of nitrogens with one attached hydrogen (secondary N) is 1. The highest BCUT2D eigenvalue weighted by atomic mass is 16.3. The second-order valence-electron chi connectivity index (χ2n) is 3.96. The van der Waals surface area contributed by atoms with Gasteiger partial charge >= 0.3 is 0 Å². The molecule has 1 aliphatic heterocycles. The van der Waals surface area contributed by atoms with Gasteiger partial charge in [0.2, 0.25) is 0 Å². The zero-order valence-electron chi connectivity index (χ0n) is 8.94. The number of rotatable bonds is 1. The van der Waals surface area contributed by atoms with Gasteiger partial charge in [-0.05, 0) is 13.1 Å². The minimum absolute atomic E-state index is 0.0343. The third-order valence-corrected chi connectivity index (χ3v) is 2.97. The first-order valence-corrected chi connectivity index (χ1v) is 5.03. The molecule has 0 fully saturated rings. The maximum absolute atomic E-state index is 10.1. The Hall–Kier alpha value is -1.26. The van der Waals surface area contributed by atoms with Crippen molar-refractivity contribution in [2.75, 3.05) is 25.5 Å². The first kappa shape index (κ1) is 10.3. The molecule has 82 valence electrons. The van der Waals surface area contributed by atoms with E-state index >= 15 is 0 Å². The summed E-state index contributed by atoms with van der Waals surface area (Å²) >= 11 is 0. The molecule has 0 aromatic heterocycles. The van der Waals surface area contributed by atoms with E-state index in [0.717, 1.165) is 17.8 Å². The van der Waals surface area contributed by atoms with Gasteiger partial charge < -0.3 is 20.4 Å². The number of phenolic OH excluding ortho intramolecular Hbond substituents is 1. The third kappa shape index (κ3) is 1.66. The van der Waals surface area contributed by atoms with Crippen LogP contribution in [0.25, 0.3) is 0 Å². The summed E-state index contributed by atoms with van der Waals surface area (Å²) in [6.07, 6.45) is -0.512. The number of nitrogens with zero attached hydrogens (tertiary/aromatic N) is 1. The van der Waals surface area contributed by atoms with Gasteiger partial charge in [-0.25, -0.2) is 0 Å². The van der Waals surface area contributed by atoms with Crippen molar-refractivity contribution in [2.45, 2.75) is 12.1 Å². The Morgan fingerprint density at radius 3 is 2.87 bits per heavy atom. The van der Waals surface area contributed by atoms with Crippen LogP contribution in [0.3, 0.4) is 0 Å². The number of phenols is 1. The number of benzene rings is 1. The number of hydrogen-bond donors (Lipinski definition) is 3. The molecule has 1 aromatic rings. The SMILES string of the molecule is CNC1CN(C)c2cc(O)ccc2C1O. The van der Waals surface area contributed by atoms with E-state index < -0.39 is 6.10 Å². The molecule has 0 bridgehead atoms. The molecule has 3 N–H and O–H groups in total. The van der Waals surface area contributed by atoms with Crippen molar-refractivity contribution in [2.24, 2.45) is 0 Å². The summed E-state index contributed by atoms with van der Waals surface area (Å²) in [5, 5.41) is 22.5. The Morgan fingerprint density at radius 2 is 2.20 bits per heavy atom. The number of likely N-dealkylation sites (N-methyl/N-ethyl adjacent to an activating group) is 2. The standard InChI is InChI=1S/C11H16N2O2/c1-12-9-6-13(2)10-5-7(14)3-4-8(10)11(9)15/h3-5,9,11-12,14-15H,6H2,1-2H3. The molecule has 1 aliphatic rings. The van der Waals surface area contributed by atoms with E-state index in [9.17, 15) is 10.2 Å². The number of aromatic hydroxyl groups is 1. The fraction of sp³-hybridized carbons (Fsp3) is 0.455. The van der Waals surface area contributed by atoms with Crippen molar-refractivity contribution in [3.05, 3.63) is 23.8 Å². The molecule has 2 rings (SSSR count). The van der Waals surface area contributed by atoms with Crippen molar-refractivity contribution >= 4 is 5.69 Å². The van der Waals surface area contributed by atoms with E-state index in [4.69, 9.17) is 0 Å². The summed E-state index contributed by atoms with van der Waals surface area (Å²) in [4.78, 5) is 2.03. The number of aliphatic hydroxyl groups excluding tert-OH is 1. The first-order valence-electron chi connectivity index (χ1n) is 5.03. The molecule has 0 saturated heterocycles. The number of hydrogen-bond acceptors (Lipinski definition) is 4. The zero-order valence-corrected chi connectivity index (χ0v) is 8.94. The van der Waals surface area contributed by atoms with E-state index in [0.29, 0.717) is 0 Å². The van der Waals surface area contributed by atoms with Gasteiger partial charge in [0.25, 0.3) is 0 Å². The summed E-state index contributed by atoms with van der Waals surface area (Å²) < 4.78 is 0. The molecule has 0 saturated carbocycles. The fourth-order valence-electron chi connectivity index (χ4n) is 2.07. The van der Waals surface area contributed by atoms with Crippen molar-refractivity contribution < 1.29 is 10.2 Å². The number of anilines is 1. The largest absolute Gasteiger partial charge is 0.508 e. The highest BCUT2D eigenvalue weighted by Gasteiger charge is 2.29. The van der Waals surface area contributed by atoms with Crippen LogP contribution in [-0.2, 0) is 0 Å². The van der Waals surface area contributed by atoms with Crippen molar-refractivity contribution in [3.8, 4) is 5.75 Å². The van der Waals surface area contributed by atoms with Gasteiger partial charge in [0, 0.05) is 30.9 Å². The molecule has 0 amide bonds. The number of aliphatic hydroxyl groups is 1. The molecule has 2 atom stereocenters. The minimum Gasteiger partial charge on any atom is -0.508 e. The molecule has 4 nitrogen and oxygen atoms in total. The minimum atomic E-state index is -0.512. The molecule has 1 heterocycles. The van der Waals surface area contributed by atoms with Crippen LogP contribution in [0.4, 0.5) is 5.69 Å². The lowest BCUT2D eigenvalue weighted by molar-refractivity contribution is 0.129. The fourth-order valence-corrected chi connectivity index (χ4v) is 2.07. The summed E-state index contributed by atoms with van der Waals surface area (Å²) in [6, 6.07) is 5.10. The average molecular weight is 208 g/mol. The molecular formula is C11H16N2O2. The van der Waals surface area contributed by atoms with Crippen LogP contribution in [0.1, 0.15) is 11.7 Å². The monoisotopic (exact) mass is 208 g/mol. The third-order valence-electron chi connectivity index (χ3n) is 2.97. The summed E-state index contributed by atoms with van der Waals surface area (Å²) in [6.45, 7) is 0.730. The van der Waals surface area contributed by atoms with Gasteiger partial charge in [-0.2, -0.15) is 0 Å². The Kier molecular flexibility index (Phi) is 2.54.